The molecule has 2 N–H and O–H groups in total. The molecule has 1 unspecified atom stereocenters. The number of nitrogens with two attached hydrogens (primary N) is 1. The van der Waals surface area contributed by atoms with Crippen LogP contribution < -0.4 is 5.73 Å². The number of aryl methyl sites for hydroxylation is 2. The van der Waals surface area contributed by atoms with Crippen molar-refractivity contribution in [3.8, 4) is 0 Å². The highest BCUT2D eigenvalue weighted by Gasteiger charge is 2.13. The van der Waals surface area contributed by atoms with Gasteiger partial charge in [0.25, 0.3) is 0 Å². The second kappa shape index (κ2) is 4.33. The van der Waals surface area contributed by atoms with Gasteiger partial charge >= 0.3 is 0 Å². The number of hydrogen-bond acceptors (Lipinski definition) is 1. The van der Waals surface area contributed by atoms with Crippen LogP contribution in [0.3, 0.4) is 0 Å². The monoisotopic (exact) mass is 211 g/mol. The molecule has 0 aliphatic rings. The van der Waals surface area contributed by atoms with E-state index in [9.17, 15) is 0 Å². The molecular formula is C12H18ClN. The summed E-state index contributed by atoms with van der Waals surface area (Å²) >= 11 is 6.03. The van der Waals surface area contributed by atoms with Gasteiger partial charge in [-0.05, 0) is 42.5 Å². The van der Waals surface area contributed by atoms with Gasteiger partial charge in [-0.15, -0.1) is 0 Å². The SMILES string of the molecule is Cc1cc(C(N)C(C)C)c(C)cc1Cl. The smallest absolute Gasteiger partial charge is 0.0438 e. The van der Waals surface area contributed by atoms with Gasteiger partial charge in [0, 0.05) is 11.1 Å². The van der Waals surface area contributed by atoms with E-state index >= 15 is 0 Å². The van der Waals surface area contributed by atoms with Crippen molar-refractivity contribution < 1.29 is 0 Å². The third-order valence-corrected chi connectivity index (χ3v) is 3.03. The van der Waals surface area contributed by atoms with Crippen LogP contribution in [0.25, 0.3) is 0 Å². The van der Waals surface area contributed by atoms with Crippen LogP contribution in [0.5, 0.6) is 0 Å². The fourth-order valence-electron chi connectivity index (χ4n) is 1.52. The largest absolute Gasteiger partial charge is 0.324 e. The molecule has 1 aromatic carbocycles. The summed E-state index contributed by atoms with van der Waals surface area (Å²) in [6, 6.07) is 4.20. The molecule has 1 atom stereocenters. The maximum Gasteiger partial charge on any atom is 0.0438 e. The van der Waals surface area contributed by atoms with Gasteiger partial charge in [-0.25, -0.2) is 0 Å². The van der Waals surface area contributed by atoms with Crippen LogP contribution in [0, 0.1) is 19.8 Å². The number of rotatable bonds is 2. The van der Waals surface area contributed by atoms with Gasteiger partial charge in [0.1, 0.15) is 0 Å². The minimum atomic E-state index is 0.103. The van der Waals surface area contributed by atoms with E-state index in [-0.39, 0.29) is 6.04 Å². The van der Waals surface area contributed by atoms with Gasteiger partial charge in [-0.3, -0.25) is 0 Å². The topological polar surface area (TPSA) is 26.0 Å². The van der Waals surface area contributed by atoms with Crippen molar-refractivity contribution in [2.45, 2.75) is 33.7 Å². The van der Waals surface area contributed by atoms with Gasteiger partial charge in [-0.1, -0.05) is 31.5 Å². The average molecular weight is 212 g/mol. The van der Waals surface area contributed by atoms with E-state index in [4.69, 9.17) is 17.3 Å². The van der Waals surface area contributed by atoms with Crippen molar-refractivity contribution in [2.24, 2.45) is 11.7 Å². The predicted octanol–water partition coefficient (Wildman–Crippen LogP) is 3.61. The van der Waals surface area contributed by atoms with E-state index in [0.717, 1.165) is 10.6 Å². The molecule has 0 radical (unpaired) electrons. The van der Waals surface area contributed by atoms with Gasteiger partial charge in [0.15, 0.2) is 0 Å². The van der Waals surface area contributed by atoms with Crippen LogP contribution >= 0.6 is 11.6 Å². The van der Waals surface area contributed by atoms with E-state index in [2.05, 4.69) is 26.8 Å². The Bertz CT molecular complexity index is 331. The highest BCUT2D eigenvalue weighted by Crippen LogP contribution is 2.27. The van der Waals surface area contributed by atoms with Crippen molar-refractivity contribution in [3.63, 3.8) is 0 Å². The van der Waals surface area contributed by atoms with Gasteiger partial charge < -0.3 is 5.73 Å². The zero-order valence-electron chi connectivity index (χ0n) is 9.26. The number of benzene rings is 1. The Kier molecular flexibility index (Phi) is 3.57. The first-order valence-electron chi connectivity index (χ1n) is 4.95. The zero-order valence-corrected chi connectivity index (χ0v) is 10.0. The first-order chi connectivity index (χ1) is 6.43. The molecule has 0 saturated carbocycles. The lowest BCUT2D eigenvalue weighted by Gasteiger charge is -2.19. The van der Waals surface area contributed by atoms with Gasteiger partial charge in [-0.2, -0.15) is 0 Å². The molecule has 0 aliphatic carbocycles. The Hall–Kier alpha value is -0.530. The summed E-state index contributed by atoms with van der Waals surface area (Å²) in [5, 5.41) is 0.821. The molecule has 78 valence electrons. The van der Waals surface area contributed by atoms with Crippen molar-refractivity contribution in [1.82, 2.24) is 0 Å². The van der Waals surface area contributed by atoms with Crippen molar-refractivity contribution in [3.05, 3.63) is 33.8 Å². The highest BCUT2D eigenvalue weighted by molar-refractivity contribution is 6.31. The molecule has 0 bridgehead atoms. The molecule has 1 nitrogen and oxygen atoms in total. The molecule has 0 fully saturated rings. The molecular weight excluding hydrogens is 194 g/mol. The Labute approximate surface area is 91.3 Å². The lowest BCUT2D eigenvalue weighted by molar-refractivity contribution is 0.512. The standard InChI is InChI=1S/C12H18ClN/c1-7(2)12(14)10-5-9(4)11(13)6-8(10)3/h5-7,12H,14H2,1-4H3. The zero-order chi connectivity index (χ0) is 10.9. The third-order valence-electron chi connectivity index (χ3n) is 2.62. The molecule has 0 spiro atoms. The Morgan fingerprint density at radius 1 is 1.14 bits per heavy atom. The second-order valence-electron chi connectivity index (χ2n) is 4.23. The molecule has 0 amide bonds. The summed E-state index contributed by atoms with van der Waals surface area (Å²) in [4.78, 5) is 0. The third kappa shape index (κ3) is 2.28. The minimum Gasteiger partial charge on any atom is -0.324 e. The fraction of sp³-hybridized carbons (Fsp3) is 0.500. The Morgan fingerprint density at radius 3 is 2.21 bits per heavy atom. The van der Waals surface area contributed by atoms with Crippen LogP contribution in [0.2, 0.25) is 5.02 Å². The summed E-state index contributed by atoms with van der Waals surface area (Å²) in [5.74, 6) is 0.453. The van der Waals surface area contributed by atoms with Crippen LogP contribution in [0.15, 0.2) is 12.1 Å². The van der Waals surface area contributed by atoms with Crippen molar-refractivity contribution in [1.29, 1.82) is 0 Å². The van der Waals surface area contributed by atoms with E-state index in [1.54, 1.807) is 0 Å². The van der Waals surface area contributed by atoms with Crippen LogP contribution in [-0.4, -0.2) is 0 Å². The van der Waals surface area contributed by atoms with E-state index in [1.165, 1.54) is 11.1 Å². The van der Waals surface area contributed by atoms with E-state index in [1.807, 2.05) is 13.0 Å². The minimum absolute atomic E-state index is 0.103. The fourth-order valence-corrected chi connectivity index (χ4v) is 1.74. The maximum atomic E-state index is 6.11. The normalized spacial score (nSPS) is 13.4. The first-order valence-corrected chi connectivity index (χ1v) is 5.33. The second-order valence-corrected chi connectivity index (χ2v) is 4.63. The van der Waals surface area contributed by atoms with Gasteiger partial charge in [0.05, 0.1) is 0 Å². The lowest BCUT2D eigenvalue weighted by atomic mass is 9.92. The molecule has 2 heteroatoms. The Morgan fingerprint density at radius 2 is 1.71 bits per heavy atom. The quantitative estimate of drug-likeness (QED) is 0.795. The maximum absolute atomic E-state index is 6.11. The molecule has 0 heterocycles. The van der Waals surface area contributed by atoms with Crippen molar-refractivity contribution >= 4 is 11.6 Å². The van der Waals surface area contributed by atoms with Crippen LogP contribution in [-0.2, 0) is 0 Å². The Balaban J connectivity index is 3.15. The molecule has 14 heavy (non-hydrogen) atoms. The molecule has 1 rings (SSSR count). The van der Waals surface area contributed by atoms with E-state index in [0.29, 0.717) is 5.92 Å². The summed E-state index contributed by atoms with van der Waals surface area (Å²) in [7, 11) is 0. The summed E-state index contributed by atoms with van der Waals surface area (Å²) in [5.41, 5.74) is 9.61. The van der Waals surface area contributed by atoms with Crippen LogP contribution in [0.1, 0.15) is 36.6 Å². The summed E-state index contributed by atoms with van der Waals surface area (Å²) in [6.45, 7) is 8.34. The van der Waals surface area contributed by atoms with Gasteiger partial charge in [0.2, 0.25) is 0 Å². The lowest BCUT2D eigenvalue weighted by Crippen LogP contribution is -2.18. The summed E-state index contributed by atoms with van der Waals surface area (Å²) in [6.07, 6.45) is 0. The van der Waals surface area contributed by atoms with E-state index < -0.39 is 0 Å². The average Bonchev–Trinajstić information content (AvgIpc) is 2.10. The number of hydrogen-bond donors (Lipinski definition) is 1. The molecule has 0 aromatic heterocycles. The highest BCUT2D eigenvalue weighted by atomic mass is 35.5. The molecule has 0 saturated heterocycles. The summed E-state index contributed by atoms with van der Waals surface area (Å²) < 4.78 is 0. The first kappa shape index (κ1) is 11.5. The molecule has 1 aromatic rings. The van der Waals surface area contributed by atoms with Crippen LogP contribution in [0.4, 0.5) is 0 Å². The predicted molar refractivity (Wildman–Crippen MR) is 62.7 cm³/mol. The molecule has 0 aliphatic heterocycles. The van der Waals surface area contributed by atoms with Crippen molar-refractivity contribution in [2.75, 3.05) is 0 Å². The number of halogens is 1.